The first kappa shape index (κ1) is 30.2. The number of ether oxygens (including phenoxy) is 3. The number of nitrogens with zero attached hydrogens (tertiary/aromatic N) is 2. The number of nitro benzene ring substituents is 1. The summed E-state index contributed by atoms with van der Waals surface area (Å²) in [4.78, 5) is 50.3. The molecule has 0 radical (unpaired) electrons. The first-order chi connectivity index (χ1) is 21.2. The summed E-state index contributed by atoms with van der Waals surface area (Å²) in [6, 6.07) is 24.5. The average molecular weight is 705 g/mol. The minimum absolute atomic E-state index is 0.0442. The summed E-state index contributed by atoms with van der Waals surface area (Å²) in [6.45, 7) is 0.397. The molecule has 1 saturated heterocycles. The van der Waals surface area contributed by atoms with E-state index in [0.717, 1.165) is 10.5 Å². The lowest BCUT2D eigenvalue weighted by Crippen LogP contribution is -2.54. The van der Waals surface area contributed by atoms with Gasteiger partial charge in [0.05, 0.1) is 21.3 Å². The minimum atomic E-state index is -0.868. The first-order valence-corrected chi connectivity index (χ1v) is 14.2. The third kappa shape index (κ3) is 6.86. The van der Waals surface area contributed by atoms with E-state index in [0.29, 0.717) is 38.6 Å². The molecule has 44 heavy (non-hydrogen) atoms. The van der Waals surface area contributed by atoms with Gasteiger partial charge in [-0.15, -0.1) is 0 Å². The zero-order valence-electron chi connectivity index (χ0n) is 23.2. The molecule has 5 rings (SSSR count). The highest BCUT2D eigenvalue weighted by Crippen LogP contribution is 2.36. The predicted octanol–water partition coefficient (Wildman–Crippen LogP) is 6.03. The Morgan fingerprint density at radius 3 is 2.30 bits per heavy atom. The van der Waals surface area contributed by atoms with Crippen LogP contribution in [0.2, 0.25) is 0 Å². The van der Waals surface area contributed by atoms with Gasteiger partial charge in [0.2, 0.25) is 0 Å². The maximum absolute atomic E-state index is 13.4. The Hall–Kier alpha value is -5.24. The zero-order chi connectivity index (χ0) is 31.2. The second-order valence-corrected chi connectivity index (χ2v) is 10.6. The molecular weight excluding hydrogens is 681 g/mol. The predicted molar refractivity (Wildman–Crippen MR) is 169 cm³/mol. The number of carbonyl (C=O) groups is 3. The standard InChI is InChI=1S/C32H24IN3O8/c1-42-28-17-22(16-27(33)29(28)44-19-21-8-5-9-24(14-21)36(40)41)15-26-30(37)34-32(39)35(31(26)38)23-10-12-25(13-11-23)43-18-20-6-3-2-4-7-20/h2-17H,18-19H2,1H3,(H,34,37,39)/b26-15+. The molecule has 0 aliphatic carbocycles. The summed E-state index contributed by atoms with van der Waals surface area (Å²) < 4.78 is 17.8. The quantitative estimate of drug-likeness (QED) is 0.0695. The number of rotatable bonds is 10. The number of halogens is 1. The Labute approximate surface area is 265 Å². The molecule has 1 fully saturated rings. The van der Waals surface area contributed by atoms with E-state index in [4.69, 9.17) is 14.2 Å². The second-order valence-electron chi connectivity index (χ2n) is 9.48. The SMILES string of the molecule is COc1cc(/C=C2\C(=O)NC(=O)N(c3ccc(OCc4ccccc4)cc3)C2=O)cc(I)c1OCc1cccc([N+](=O)[O-])c1. The van der Waals surface area contributed by atoms with Crippen molar-refractivity contribution in [2.45, 2.75) is 13.2 Å². The maximum Gasteiger partial charge on any atom is 0.335 e. The second kappa shape index (κ2) is 13.4. The summed E-state index contributed by atoms with van der Waals surface area (Å²) in [5.74, 6) is -0.385. The zero-order valence-corrected chi connectivity index (χ0v) is 25.3. The van der Waals surface area contributed by atoms with Crippen molar-refractivity contribution in [3.8, 4) is 17.2 Å². The van der Waals surface area contributed by atoms with Crippen molar-refractivity contribution in [2.75, 3.05) is 12.0 Å². The molecule has 0 atom stereocenters. The van der Waals surface area contributed by atoms with E-state index in [-0.39, 0.29) is 23.6 Å². The summed E-state index contributed by atoms with van der Waals surface area (Å²) in [5, 5.41) is 13.3. The number of hydrogen-bond acceptors (Lipinski definition) is 8. The van der Waals surface area contributed by atoms with Gasteiger partial charge in [0.15, 0.2) is 11.5 Å². The summed E-state index contributed by atoms with van der Waals surface area (Å²) in [7, 11) is 1.44. The molecule has 11 nitrogen and oxygen atoms in total. The molecule has 0 spiro atoms. The van der Waals surface area contributed by atoms with Gasteiger partial charge in [0, 0.05) is 12.1 Å². The molecule has 1 heterocycles. The molecule has 0 unspecified atom stereocenters. The lowest BCUT2D eigenvalue weighted by atomic mass is 10.1. The van der Waals surface area contributed by atoms with E-state index >= 15 is 0 Å². The van der Waals surface area contributed by atoms with Crippen LogP contribution in [0, 0.1) is 13.7 Å². The van der Waals surface area contributed by atoms with Gasteiger partial charge >= 0.3 is 6.03 Å². The van der Waals surface area contributed by atoms with Crippen molar-refractivity contribution >= 4 is 57.9 Å². The fourth-order valence-electron chi connectivity index (χ4n) is 4.37. The molecule has 1 aliphatic rings. The summed E-state index contributed by atoms with van der Waals surface area (Å²) in [5.41, 5.74) is 1.99. The average Bonchev–Trinajstić information content (AvgIpc) is 3.02. The molecule has 0 bridgehead atoms. The van der Waals surface area contributed by atoms with Crippen LogP contribution >= 0.6 is 22.6 Å². The van der Waals surface area contributed by atoms with Crippen LogP contribution in [-0.2, 0) is 22.8 Å². The number of nitrogens with one attached hydrogen (secondary N) is 1. The van der Waals surface area contributed by atoms with Crippen molar-refractivity contribution in [3.05, 3.63) is 127 Å². The van der Waals surface area contributed by atoms with Crippen LogP contribution in [0.1, 0.15) is 16.7 Å². The fraction of sp³-hybridized carbons (Fsp3) is 0.0938. The minimum Gasteiger partial charge on any atom is -0.493 e. The Balaban J connectivity index is 1.34. The van der Waals surface area contributed by atoms with Crippen molar-refractivity contribution in [2.24, 2.45) is 0 Å². The highest BCUT2D eigenvalue weighted by molar-refractivity contribution is 14.1. The molecule has 4 aromatic rings. The number of methoxy groups -OCH3 is 1. The number of nitro groups is 1. The van der Waals surface area contributed by atoms with Crippen LogP contribution in [0.3, 0.4) is 0 Å². The van der Waals surface area contributed by atoms with Gasteiger partial charge in [-0.05, 0) is 81.8 Å². The number of amides is 4. The number of non-ortho nitro benzene ring substituents is 1. The van der Waals surface area contributed by atoms with Crippen molar-refractivity contribution in [1.82, 2.24) is 5.32 Å². The normalized spacial score (nSPS) is 13.9. The van der Waals surface area contributed by atoms with Crippen molar-refractivity contribution in [1.29, 1.82) is 0 Å². The lowest BCUT2D eigenvalue weighted by Gasteiger charge is -2.26. The van der Waals surface area contributed by atoms with Crippen LogP contribution in [0.5, 0.6) is 17.2 Å². The Bertz CT molecular complexity index is 1770. The van der Waals surface area contributed by atoms with Gasteiger partial charge in [0.1, 0.15) is 24.5 Å². The van der Waals surface area contributed by atoms with Gasteiger partial charge < -0.3 is 14.2 Å². The van der Waals surface area contributed by atoms with Crippen LogP contribution in [0.4, 0.5) is 16.2 Å². The summed E-state index contributed by atoms with van der Waals surface area (Å²) in [6.07, 6.45) is 1.36. The molecule has 0 saturated carbocycles. The van der Waals surface area contributed by atoms with E-state index in [1.54, 1.807) is 48.5 Å². The molecular formula is C32H24IN3O8. The molecule has 4 aromatic carbocycles. The van der Waals surface area contributed by atoms with E-state index in [2.05, 4.69) is 5.32 Å². The van der Waals surface area contributed by atoms with Crippen LogP contribution in [0.15, 0.2) is 96.6 Å². The van der Waals surface area contributed by atoms with Crippen LogP contribution in [-0.4, -0.2) is 29.9 Å². The largest absolute Gasteiger partial charge is 0.493 e. The molecule has 12 heteroatoms. The third-order valence-corrected chi connectivity index (χ3v) is 7.31. The van der Waals surface area contributed by atoms with Crippen molar-refractivity contribution < 1.29 is 33.5 Å². The number of carbonyl (C=O) groups excluding carboxylic acids is 3. The van der Waals surface area contributed by atoms with Crippen LogP contribution < -0.4 is 24.4 Å². The number of barbiturate groups is 1. The van der Waals surface area contributed by atoms with E-state index < -0.39 is 22.8 Å². The monoisotopic (exact) mass is 705 g/mol. The first-order valence-electron chi connectivity index (χ1n) is 13.2. The molecule has 1 N–H and O–H groups in total. The number of anilines is 1. The third-order valence-electron chi connectivity index (χ3n) is 6.51. The fourth-order valence-corrected chi connectivity index (χ4v) is 5.15. The van der Waals surface area contributed by atoms with Gasteiger partial charge in [-0.1, -0.05) is 42.5 Å². The topological polar surface area (TPSA) is 137 Å². The number of urea groups is 1. The lowest BCUT2D eigenvalue weighted by molar-refractivity contribution is -0.384. The molecule has 222 valence electrons. The molecule has 4 amide bonds. The highest BCUT2D eigenvalue weighted by Gasteiger charge is 2.37. The van der Waals surface area contributed by atoms with E-state index in [1.165, 1.54) is 25.3 Å². The van der Waals surface area contributed by atoms with E-state index in [9.17, 15) is 24.5 Å². The van der Waals surface area contributed by atoms with Gasteiger partial charge in [-0.25, -0.2) is 9.69 Å². The van der Waals surface area contributed by atoms with Gasteiger partial charge in [-0.3, -0.25) is 25.0 Å². The number of hydrogen-bond donors (Lipinski definition) is 1. The van der Waals surface area contributed by atoms with Gasteiger partial charge in [-0.2, -0.15) is 0 Å². The summed E-state index contributed by atoms with van der Waals surface area (Å²) >= 11 is 2.03. The van der Waals surface area contributed by atoms with Crippen LogP contribution in [0.25, 0.3) is 6.08 Å². The smallest absolute Gasteiger partial charge is 0.335 e. The molecule has 1 aliphatic heterocycles. The highest BCUT2D eigenvalue weighted by atomic mass is 127. The molecule has 0 aromatic heterocycles. The maximum atomic E-state index is 13.4. The Morgan fingerprint density at radius 1 is 0.886 bits per heavy atom. The number of benzene rings is 4. The Kier molecular flexibility index (Phi) is 9.19. The van der Waals surface area contributed by atoms with E-state index in [1.807, 2.05) is 52.9 Å². The number of imide groups is 2. The van der Waals surface area contributed by atoms with Crippen molar-refractivity contribution in [3.63, 3.8) is 0 Å². The Morgan fingerprint density at radius 2 is 1.59 bits per heavy atom. The van der Waals surface area contributed by atoms with Gasteiger partial charge in [0.25, 0.3) is 17.5 Å².